The number of anilines is 2. The number of allylic oxidation sites excluding steroid dienone is 1. The summed E-state index contributed by atoms with van der Waals surface area (Å²) < 4.78 is 13.3. The molecule has 0 fully saturated rings. The molecule has 1 aliphatic rings. The molecule has 1 aromatic heterocycles. The number of hydrogen-bond donors (Lipinski definition) is 2. The maximum Gasteiger partial charge on any atom is 0.255 e. The van der Waals surface area contributed by atoms with Crippen LogP contribution in [0.3, 0.4) is 0 Å². The number of nitrogens with zero attached hydrogens (tertiary/aromatic N) is 3. The van der Waals surface area contributed by atoms with Gasteiger partial charge in [0.15, 0.2) is 0 Å². The van der Waals surface area contributed by atoms with Gasteiger partial charge in [-0.05, 0) is 38.0 Å². The van der Waals surface area contributed by atoms with Crippen molar-refractivity contribution in [2.75, 3.05) is 30.1 Å². The molecule has 0 radical (unpaired) electrons. The fourth-order valence-corrected chi connectivity index (χ4v) is 4.64. The third-order valence-electron chi connectivity index (χ3n) is 5.54. The minimum absolute atomic E-state index is 0.251. The van der Waals surface area contributed by atoms with Gasteiger partial charge in [0.2, 0.25) is 11.1 Å². The fourth-order valence-electron chi connectivity index (χ4n) is 3.96. The number of fused-ring (bicyclic) bond motifs is 1. The summed E-state index contributed by atoms with van der Waals surface area (Å²) in [5.41, 5.74) is 2.69. The Kier molecular flexibility index (Phi) is 7.97. The van der Waals surface area contributed by atoms with E-state index >= 15 is 0 Å². The van der Waals surface area contributed by atoms with E-state index in [1.807, 2.05) is 55.5 Å². The van der Waals surface area contributed by atoms with Crippen LogP contribution in [0, 0.1) is 0 Å². The Morgan fingerprint density at radius 3 is 2.60 bits per heavy atom. The molecule has 1 unspecified atom stereocenters. The van der Waals surface area contributed by atoms with Crippen molar-refractivity contribution in [3.05, 3.63) is 65.4 Å². The highest BCUT2D eigenvalue weighted by atomic mass is 32.2. The summed E-state index contributed by atoms with van der Waals surface area (Å²) in [5, 5.41) is 11.8. The topological polar surface area (TPSA) is 90.3 Å². The summed E-state index contributed by atoms with van der Waals surface area (Å²) in [5.74, 6) is 2.58. The predicted octanol–water partition coefficient (Wildman–Crippen LogP) is 5.51. The molecule has 35 heavy (non-hydrogen) atoms. The first-order chi connectivity index (χ1) is 17.1. The van der Waals surface area contributed by atoms with Crippen molar-refractivity contribution >= 4 is 29.3 Å². The number of rotatable bonds is 10. The van der Waals surface area contributed by atoms with Gasteiger partial charge in [0.1, 0.15) is 17.5 Å². The second-order valence-corrected chi connectivity index (χ2v) is 9.18. The first-order valence-electron chi connectivity index (χ1n) is 11.8. The van der Waals surface area contributed by atoms with Crippen LogP contribution in [-0.2, 0) is 4.79 Å². The van der Waals surface area contributed by atoms with Gasteiger partial charge in [-0.2, -0.15) is 4.98 Å². The van der Waals surface area contributed by atoms with Gasteiger partial charge in [-0.1, -0.05) is 55.9 Å². The van der Waals surface area contributed by atoms with Crippen LogP contribution in [0.4, 0.5) is 11.6 Å². The molecular weight excluding hydrogens is 462 g/mol. The van der Waals surface area contributed by atoms with Crippen molar-refractivity contribution in [1.82, 2.24) is 14.8 Å². The van der Waals surface area contributed by atoms with Crippen LogP contribution in [0.2, 0.25) is 0 Å². The summed E-state index contributed by atoms with van der Waals surface area (Å²) in [6, 6.07) is 14.6. The van der Waals surface area contributed by atoms with Gasteiger partial charge in [0, 0.05) is 17.0 Å². The lowest BCUT2D eigenvalue weighted by atomic mass is 9.94. The van der Waals surface area contributed by atoms with Gasteiger partial charge < -0.3 is 20.1 Å². The van der Waals surface area contributed by atoms with E-state index in [0.29, 0.717) is 40.4 Å². The monoisotopic (exact) mass is 493 g/mol. The number of hydrogen-bond acceptors (Lipinski definition) is 7. The average Bonchev–Trinajstić information content (AvgIpc) is 3.28. The molecule has 1 aliphatic heterocycles. The van der Waals surface area contributed by atoms with Crippen molar-refractivity contribution in [2.24, 2.45) is 0 Å². The molecule has 9 heteroatoms. The second-order valence-electron chi connectivity index (χ2n) is 8.12. The molecule has 0 bridgehead atoms. The van der Waals surface area contributed by atoms with Crippen LogP contribution in [-0.4, -0.2) is 40.1 Å². The molecule has 0 saturated heterocycles. The number of nitrogens with one attached hydrogen (secondary N) is 2. The minimum atomic E-state index is -0.516. The third-order valence-corrected chi connectivity index (χ3v) is 6.59. The number of methoxy groups -OCH3 is 1. The minimum Gasteiger partial charge on any atom is -0.495 e. The maximum atomic E-state index is 13.8. The Hall–Kier alpha value is -3.46. The van der Waals surface area contributed by atoms with Crippen LogP contribution in [0.5, 0.6) is 11.5 Å². The molecule has 0 saturated carbocycles. The highest BCUT2D eigenvalue weighted by Crippen LogP contribution is 2.40. The first-order valence-corrected chi connectivity index (χ1v) is 12.8. The summed E-state index contributed by atoms with van der Waals surface area (Å²) >= 11 is 1.60. The van der Waals surface area contributed by atoms with Gasteiger partial charge in [-0.3, -0.25) is 4.79 Å². The molecule has 2 N–H and O–H groups in total. The SMILES string of the molecule is CCCOc1ccccc1C1C(C(=O)Nc2ccccc2OC)=C(C)Nc2nc(SCCC)nn21. The van der Waals surface area contributed by atoms with E-state index in [0.717, 1.165) is 29.9 Å². The van der Waals surface area contributed by atoms with E-state index in [9.17, 15) is 4.79 Å². The zero-order valence-electron chi connectivity index (χ0n) is 20.5. The quantitative estimate of drug-likeness (QED) is 0.360. The van der Waals surface area contributed by atoms with E-state index in [1.165, 1.54) is 0 Å². The summed E-state index contributed by atoms with van der Waals surface area (Å²) in [6.07, 6.45) is 1.89. The van der Waals surface area contributed by atoms with Crippen LogP contribution in [0.25, 0.3) is 0 Å². The molecule has 8 nitrogen and oxygen atoms in total. The molecule has 184 valence electrons. The molecule has 3 aromatic rings. The Morgan fingerprint density at radius 2 is 1.86 bits per heavy atom. The lowest BCUT2D eigenvalue weighted by molar-refractivity contribution is -0.113. The van der Waals surface area contributed by atoms with Crippen molar-refractivity contribution in [3.8, 4) is 11.5 Å². The number of aromatic nitrogens is 3. The van der Waals surface area contributed by atoms with Crippen LogP contribution >= 0.6 is 11.8 Å². The number of para-hydroxylation sites is 3. The summed E-state index contributed by atoms with van der Waals surface area (Å²) in [6.45, 7) is 6.65. The van der Waals surface area contributed by atoms with E-state index in [-0.39, 0.29) is 5.91 Å². The molecule has 0 aliphatic carbocycles. The van der Waals surface area contributed by atoms with Gasteiger partial charge in [-0.15, -0.1) is 5.10 Å². The Balaban J connectivity index is 1.80. The van der Waals surface area contributed by atoms with Crippen LogP contribution < -0.4 is 20.1 Å². The van der Waals surface area contributed by atoms with Gasteiger partial charge >= 0.3 is 0 Å². The number of amides is 1. The number of carbonyl (C=O) groups excluding carboxylic acids is 1. The Labute approximate surface area is 210 Å². The zero-order chi connectivity index (χ0) is 24.8. The summed E-state index contributed by atoms with van der Waals surface area (Å²) in [7, 11) is 1.58. The van der Waals surface area contributed by atoms with Crippen molar-refractivity contribution in [2.45, 2.75) is 44.8 Å². The highest BCUT2D eigenvalue weighted by Gasteiger charge is 2.36. The number of carbonyl (C=O) groups is 1. The largest absolute Gasteiger partial charge is 0.495 e. The van der Waals surface area contributed by atoms with Crippen molar-refractivity contribution in [1.29, 1.82) is 0 Å². The lowest BCUT2D eigenvalue weighted by Gasteiger charge is -2.29. The number of benzene rings is 2. The molecule has 2 aromatic carbocycles. The second kappa shape index (κ2) is 11.3. The lowest BCUT2D eigenvalue weighted by Crippen LogP contribution is -2.32. The summed E-state index contributed by atoms with van der Waals surface area (Å²) in [4.78, 5) is 18.5. The average molecular weight is 494 g/mol. The Morgan fingerprint density at radius 1 is 1.11 bits per heavy atom. The van der Waals surface area contributed by atoms with Crippen molar-refractivity contribution < 1.29 is 14.3 Å². The smallest absolute Gasteiger partial charge is 0.255 e. The normalized spacial score (nSPS) is 14.8. The maximum absolute atomic E-state index is 13.8. The standard InChI is InChI=1S/C26H31N5O3S/c1-5-15-34-20-13-9-7-11-18(20)23-22(24(32)28-19-12-8-10-14-21(19)33-4)17(3)27-25-29-26(30-31(23)25)35-16-6-2/h7-14,23H,5-6,15-16H2,1-4H3,(H,28,32)(H,27,29,30). The van der Waals surface area contributed by atoms with Crippen LogP contribution in [0.15, 0.2) is 65.0 Å². The van der Waals surface area contributed by atoms with Crippen LogP contribution in [0.1, 0.15) is 45.2 Å². The predicted molar refractivity (Wildman–Crippen MR) is 139 cm³/mol. The third kappa shape index (κ3) is 5.30. The van der Waals surface area contributed by atoms with Gasteiger partial charge in [0.25, 0.3) is 5.91 Å². The van der Waals surface area contributed by atoms with Crippen molar-refractivity contribution in [3.63, 3.8) is 0 Å². The molecule has 1 amide bonds. The number of ether oxygens (including phenoxy) is 2. The molecular formula is C26H31N5O3S. The van der Waals surface area contributed by atoms with E-state index in [4.69, 9.17) is 14.6 Å². The molecule has 2 heterocycles. The van der Waals surface area contributed by atoms with E-state index < -0.39 is 6.04 Å². The van der Waals surface area contributed by atoms with Gasteiger partial charge in [0.05, 0.1) is 25.0 Å². The molecule has 4 rings (SSSR count). The zero-order valence-corrected chi connectivity index (χ0v) is 21.3. The Bertz CT molecular complexity index is 1220. The fraction of sp³-hybridized carbons (Fsp3) is 0.346. The van der Waals surface area contributed by atoms with E-state index in [2.05, 4.69) is 29.5 Å². The first kappa shape index (κ1) is 24.7. The number of thioether (sulfide) groups is 1. The molecule has 0 spiro atoms. The van der Waals surface area contributed by atoms with Gasteiger partial charge in [-0.25, -0.2) is 4.68 Å². The van der Waals surface area contributed by atoms with E-state index in [1.54, 1.807) is 23.6 Å². The highest BCUT2D eigenvalue weighted by molar-refractivity contribution is 7.99. The molecule has 1 atom stereocenters.